The van der Waals surface area contributed by atoms with Gasteiger partial charge in [0.15, 0.2) is 6.10 Å². The van der Waals surface area contributed by atoms with Crippen molar-refractivity contribution in [3.63, 3.8) is 0 Å². The molecule has 0 amide bonds. The standard InChI is InChI=1S/C68H132O6/c1-6-8-9-10-11-12-13-26-33-38-43-48-53-58-66(69)72-61-65(62-73-67(70)59-54-49-44-39-34-29-24-20-16-14-18-22-27-31-36-41-46-51-56-63(3)4)74-68(71)60-55-50-45-40-35-30-25-21-17-15-19-23-28-32-37-42-47-52-57-64(5)7-2/h63-65H,6-62H2,1-5H3/t64?,65-/m1/s1. The lowest BCUT2D eigenvalue weighted by atomic mass is 9.99. The fourth-order valence-electron chi connectivity index (χ4n) is 10.6. The van der Waals surface area contributed by atoms with E-state index in [1.807, 2.05) is 0 Å². The number of unbranched alkanes of at least 4 members (excludes halogenated alkanes) is 46. The Morgan fingerprint density at radius 3 is 0.770 bits per heavy atom. The Bertz CT molecular complexity index is 1140. The highest BCUT2D eigenvalue weighted by atomic mass is 16.6. The van der Waals surface area contributed by atoms with Crippen molar-refractivity contribution in [2.75, 3.05) is 13.2 Å². The Labute approximate surface area is 463 Å². The second-order valence-electron chi connectivity index (χ2n) is 24.2. The van der Waals surface area contributed by atoms with Gasteiger partial charge in [-0.25, -0.2) is 0 Å². The summed E-state index contributed by atoms with van der Waals surface area (Å²) in [5.74, 6) is 0.941. The number of ether oxygens (including phenoxy) is 3. The van der Waals surface area contributed by atoms with Gasteiger partial charge in [-0.15, -0.1) is 0 Å². The molecule has 0 aromatic carbocycles. The highest BCUT2D eigenvalue weighted by Gasteiger charge is 2.20. The molecule has 2 atom stereocenters. The van der Waals surface area contributed by atoms with E-state index in [2.05, 4.69) is 34.6 Å². The van der Waals surface area contributed by atoms with Gasteiger partial charge in [-0.3, -0.25) is 14.4 Å². The number of carbonyl (C=O) groups excluding carboxylic acids is 3. The lowest BCUT2D eigenvalue weighted by Gasteiger charge is -2.18. The zero-order valence-electron chi connectivity index (χ0n) is 51.0. The summed E-state index contributed by atoms with van der Waals surface area (Å²) in [5, 5.41) is 0. The van der Waals surface area contributed by atoms with Crippen LogP contribution in [0.25, 0.3) is 0 Å². The molecule has 0 aliphatic rings. The van der Waals surface area contributed by atoms with Crippen molar-refractivity contribution < 1.29 is 28.6 Å². The van der Waals surface area contributed by atoms with Crippen molar-refractivity contribution in [2.24, 2.45) is 11.8 Å². The van der Waals surface area contributed by atoms with Crippen molar-refractivity contribution in [1.82, 2.24) is 0 Å². The van der Waals surface area contributed by atoms with Gasteiger partial charge in [-0.05, 0) is 31.1 Å². The highest BCUT2D eigenvalue weighted by molar-refractivity contribution is 5.71. The monoisotopic (exact) mass is 1050 g/mol. The first kappa shape index (κ1) is 72.4. The van der Waals surface area contributed by atoms with E-state index < -0.39 is 6.10 Å². The van der Waals surface area contributed by atoms with Crippen LogP contribution < -0.4 is 0 Å². The Kier molecular flexibility index (Phi) is 59.3. The van der Waals surface area contributed by atoms with Gasteiger partial charge < -0.3 is 14.2 Å². The summed E-state index contributed by atoms with van der Waals surface area (Å²) in [5.41, 5.74) is 0. The number of esters is 3. The lowest BCUT2D eigenvalue weighted by Crippen LogP contribution is -2.30. The molecular weight excluding hydrogens is 913 g/mol. The summed E-state index contributed by atoms with van der Waals surface area (Å²) in [6, 6.07) is 0. The second-order valence-corrected chi connectivity index (χ2v) is 24.2. The summed E-state index contributed by atoms with van der Waals surface area (Å²) < 4.78 is 17.0. The number of rotatable bonds is 62. The molecule has 0 saturated heterocycles. The predicted molar refractivity (Wildman–Crippen MR) is 321 cm³/mol. The molecule has 1 unspecified atom stereocenters. The van der Waals surface area contributed by atoms with E-state index in [-0.39, 0.29) is 31.1 Å². The Morgan fingerprint density at radius 1 is 0.284 bits per heavy atom. The first-order chi connectivity index (χ1) is 36.3. The van der Waals surface area contributed by atoms with Gasteiger partial charge in [0.1, 0.15) is 13.2 Å². The molecule has 6 heteroatoms. The molecule has 0 aromatic rings. The zero-order valence-corrected chi connectivity index (χ0v) is 51.0. The number of hydrogen-bond acceptors (Lipinski definition) is 6. The normalized spacial score (nSPS) is 12.4. The molecule has 0 rings (SSSR count). The quantitative estimate of drug-likeness (QED) is 0.0343. The van der Waals surface area contributed by atoms with Crippen LogP contribution in [0.4, 0.5) is 0 Å². The predicted octanol–water partition coefficient (Wildman–Crippen LogP) is 22.8. The first-order valence-corrected chi connectivity index (χ1v) is 33.8. The van der Waals surface area contributed by atoms with Gasteiger partial charge in [-0.1, -0.05) is 349 Å². The third-order valence-corrected chi connectivity index (χ3v) is 16.1. The maximum absolute atomic E-state index is 12.9. The molecule has 440 valence electrons. The third-order valence-electron chi connectivity index (χ3n) is 16.1. The van der Waals surface area contributed by atoms with Crippen molar-refractivity contribution in [3.8, 4) is 0 Å². The average Bonchev–Trinajstić information content (AvgIpc) is 3.39. The molecule has 6 nitrogen and oxygen atoms in total. The SMILES string of the molecule is CCCCCCCCCCCCCCCC(=O)OC[C@H](COC(=O)CCCCCCCCCCCCCCCCCCCCC(C)C)OC(=O)CCCCCCCCCCCCCCCCCCCCC(C)CC. The maximum atomic E-state index is 12.9. The zero-order chi connectivity index (χ0) is 53.9. The van der Waals surface area contributed by atoms with Gasteiger partial charge in [0.2, 0.25) is 0 Å². The topological polar surface area (TPSA) is 78.9 Å². The minimum absolute atomic E-state index is 0.0614. The molecule has 0 aromatic heterocycles. The van der Waals surface area contributed by atoms with E-state index in [1.54, 1.807) is 0 Å². The van der Waals surface area contributed by atoms with Crippen LogP contribution in [0, 0.1) is 11.8 Å². The van der Waals surface area contributed by atoms with Crippen LogP contribution >= 0.6 is 0 Å². The average molecular weight is 1050 g/mol. The van der Waals surface area contributed by atoms with Crippen LogP contribution in [0.3, 0.4) is 0 Å². The molecule has 0 aliphatic carbocycles. The van der Waals surface area contributed by atoms with Crippen molar-refractivity contribution >= 4 is 17.9 Å². The van der Waals surface area contributed by atoms with Crippen molar-refractivity contribution in [2.45, 2.75) is 394 Å². The molecular formula is C68H132O6. The summed E-state index contributed by atoms with van der Waals surface area (Å²) in [6.45, 7) is 11.5. The van der Waals surface area contributed by atoms with Gasteiger partial charge >= 0.3 is 17.9 Å². The fraction of sp³-hybridized carbons (Fsp3) is 0.956. The van der Waals surface area contributed by atoms with E-state index in [0.29, 0.717) is 19.3 Å². The van der Waals surface area contributed by atoms with E-state index in [9.17, 15) is 14.4 Å². The van der Waals surface area contributed by atoms with Crippen LogP contribution in [-0.2, 0) is 28.6 Å². The third kappa shape index (κ3) is 59.7. The lowest BCUT2D eigenvalue weighted by molar-refractivity contribution is -0.167. The minimum atomic E-state index is -0.764. The largest absolute Gasteiger partial charge is 0.462 e. The summed E-state index contributed by atoms with van der Waals surface area (Å²) in [4.78, 5) is 38.4. The second kappa shape index (κ2) is 60.6. The smallest absolute Gasteiger partial charge is 0.306 e. The molecule has 74 heavy (non-hydrogen) atoms. The van der Waals surface area contributed by atoms with Gasteiger partial charge in [-0.2, -0.15) is 0 Å². The molecule has 0 fully saturated rings. The van der Waals surface area contributed by atoms with Gasteiger partial charge in [0.25, 0.3) is 0 Å². The van der Waals surface area contributed by atoms with Gasteiger partial charge in [0.05, 0.1) is 0 Å². The number of hydrogen-bond donors (Lipinski definition) is 0. The molecule has 0 bridgehead atoms. The molecule has 0 spiro atoms. The molecule has 0 saturated carbocycles. The maximum Gasteiger partial charge on any atom is 0.306 e. The fourth-order valence-corrected chi connectivity index (χ4v) is 10.6. The van der Waals surface area contributed by atoms with Crippen LogP contribution in [0.2, 0.25) is 0 Å². The highest BCUT2D eigenvalue weighted by Crippen LogP contribution is 2.20. The Hall–Kier alpha value is -1.59. The van der Waals surface area contributed by atoms with Crippen molar-refractivity contribution in [1.29, 1.82) is 0 Å². The Morgan fingerprint density at radius 2 is 0.514 bits per heavy atom. The molecule has 0 radical (unpaired) electrons. The minimum Gasteiger partial charge on any atom is -0.462 e. The number of carbonyl (C=O) groups is 3. The Balaban J connectivity index is 4.23. The van der Waals surface area contributed by atoms with Crippen LogP contribution in [-0.4, -0.2) is 37.2 Å². The van der Waals surface area contributed by atoms with Crippen LogP contribution in [0.15, 0.2) is 0 Å². The molecule has 0 N–H and O–H groups in total. The molecule has 0 heterocycles. The van der Waals surface area contributed by atoms with Crippen molar-refractivity contribution in [3.05, 3.63) is 0 Å². The van der Waals surface area contributed by atoms with E-state index in [0.717, 1.165) is 69.6 Å². The summed E-state index contributed by atoms with van der Waals surface area (Å²) >= 11 is 0. The summed E-state index contributed by atoms with van der Waals surface area (Å²) in [7, 11) is 0. The van der Waals surface area contributed by atoms with E-state index in [1.165, 1.54) is 276 Å². The first-order valence-electron chi connectivity index (χ1n) is 33.8. The van der Waals surface area contributed by atoms with Gasteiger partial charge in [0, 0.05) is 19.3 Å². The summed E-state index contributed by atoms with van der Waals surface area (Å²) in [6.07, 6.45) is 68.2. The van der Waals surface area contributed by atoms with Crippen LogP contribution in [0.5, 0.6) is 0 Å². The van der Waals surface area contributed by atoms with E-state index >= 15 is 0 Å². The van der Waals surface area contributed by atoms with E-state index in [4.69, 9.17) is 14.2 Å². The molecule has 0 aliphatic heterocycles. The van der Waals surface area contributed by atoms with Crippen LogP contribution in [0.1, 0.15) is 388 Å².